The molecule has 0 radical (unpaired) electrons. The zero-order chi connectivity index (χ0) is 9.12. The summed E-state index contributed by atoms with van der Waals surface area (Å²) in [6.07, 6.45) is 0. The summed E-state index contributed by atoms with van der Waals surface area (Å²) in [6.45, 7) is 0.652. The van der Waals surface area contributed by atoms with E-state index < -0.39 is 7.82 Å². The summed E-state index contributed by atoms with van der Waals surface area (Å²) in [5.41, 5.74) is 0. The SMILES string of the molecule is C[N+](C)(C)CCOP(=O)(O)O.[Ca+2]. The van der Waals surface area contributed by atoms with Gasteiger partial charge in [-0.3, -0.25) is 4.52 Å². The molecule has 0 aromatic heterocycles. The minimum atomic E-state index is -4.26. The first-order valence-corrected chi connectivity index (χ1v) is 4.74. The van der Waals surface area contributed by atoms with E-state index in [2.05, 4.69) is 4.52 Å². The van der Waals surface area contributed by atoms with Gasteiger partial charge in [0.25, 0.3) is 0 Å². The summed E-state index contributed by atoms with van der Waals surface area (Å²) in [5.74, 6) is 0. The number of likely N-dealkylation sites (N-methyl/N-ethyl adjacent to an activating group) is 1. The Morgan fingerprint density at radius 2 is 1.75 bits per heavy atom. The molecule has 0 aromatic carbocycles. The van der Waals surface area contributed by atoms with Crippen LogP contribution >= 0.6 is 7.82 Å². The molecule has 5 nitrogen and oxygen atoms in total. The second-order valence-corrected chi connectivity index (χ2v) is 4.58. The van der Waals surface area contributed by atoms with Gasteiger partial charge in [-0.1, -0.05) is 0 Å². The van der Waals surface area contributed by atoms with Gasteiger partial charge >= 0.3 is 45.6 Å². The summed E-state index contributed by atoms with van der Waals surface area (Å²) >= 11 is 0. The van der Waals surface area contributed by atoms with Crippen molar-refractivity contribution in [1.82, 2.24) is 0 Å². The van der Waals surface area contributed by atoms with Crippen molar-refractivity contribution in [3.8, 4) is 0 Å². The zero-order valence-electron chi connectivity index (χ0n) is 7.73. The van der Waals surface area contributed by atoms with Crippen LogP contribution in [0.25, 0.3) is 0 Å². The van der Waals surface area contributed by atoms with E-state index >= 15 is 0 Å². The fraction of sp³-hybridized carbons (Fsp3) is 1.00. The van der Waals surface area contributed by atoms with Crippen molar-refractivity contribution in [3.05, 3.63) is 0 Å². The van der Waals surface area contributed by atoms with Crippen molar-refractivity contribution in [2.24, 2.45) is 0 Å². The minimum Gasteiger partial charge on any atom is -0.329 e. The quantitative estimate of drug-likeness (QED) is 0.381. The molecule has 0 fully saturated rings. The monoisotopic (exact) mass is 224 g/mol. The molecule has 0 unspecified atom stereocenters. The van der Waals surface area contributed by atoms with Gasteiger partial charge in [-0.05, 0) is 0 Å². The molecule has 0 saturated heterocycles. The molecule has 7 heteroatoms. The van der Waals surface area contributed by atoms with E-state index in [0.29, 0.717) is 11.0 Å². The second-order valence-electron chi connectivity index (χ2n) is 3.34. The number of rotatable bonds is 4. The molecule has 0 aliphatic heterocycles. The maximum atomic E-state index is 10.2. The predicted molar refractivity (Wildman–Crippen MR) is 46.6 cm³/mol. The van der Waals surface area contributed by atoms with E-state index in [9.17, 15) is 4.57 Å². The largest absolute Gasteiger partial charge is 2.00 e. The Morgan fingerprint density at radius 1 is 1.33 bits per heavy atom. The van der Waals surface area contributed by atoms with Gasteiger partial charge in [0.05, 0.1) is 21.1 Å². The fourth-order valence-corrected chi connectivity index (χ4v) is 0.753. The van der Waals surface area contributed by atoms with E-state index in [1.54, 1.807) is 0 Å². The summed E-state index contributed by atoms with van der Waals surface area (Å²) in [7, 11) is 1.50. The molecule has 68 valence electrons. The molecule has 12 heavy (non-hydrogen) atoms. The van der Waals surface area contributed by atoms with Crippen LogP contribution in [0.2, 0.25) is 0 Å². The molecule has 0 aliphatic carbocycles. The average Bonchev–Trinajstić information content (AvgIpc) is 1.55. The first-order valence-electron chi connectivity index (χ1n) is 3.21. The molecule has 0 bridgehead atoms. The molecule has 0 saturated carbocycles. The predicted octanol–water partition coefficient (Wildman–Crippen LogP) is -0.579. The normalized spacial score (nSPS) is 12.4. The Balaban J connectivity index is 0. The van der Waals surface area contributed by atoms with Crippen LogP contribution in [0.4, 0.5) is 0 Å². The molecule has 0 amide bonds. The van der Waals surface area contributed by atoms with Gasteiger partial charge < -0.3 is 14.3 Å². The van der Waals surface area contributed by atoms with Crippen molar-refractivity contribution in [3.63, 3.8) is 0 Å². The molecule has 0 aromatic rings. The van der Waals surface area contributed by atoms with E-state index in [0.717, 1.165) is 0 Å². The van der Waals surface area contributed by atoms with Gasteiger partial charge in [-0.25, -0.2) is 4.57 Å². The number of phosphoric ester groups is 1. The van der Waals surface area contributed by atoms with Crippen LogP contribution in [0.15, 0.2) is 0 Å². The van der Waals surface area contributed by atoms with Gasteiger partial charge in [-0.2, -0.15) is 0 Å². The molecule has 0 atom stereocenters. The van der Waals surface area contributed by atoms with Crippen LogP contribution in [0.3, 0.4) is 0 Å². The van der Waals surface area contributed by atoms with Crippen LogP contribution < -0.4 is 0 Å². The Morgan fingerprint density at radius 3 is 2.00 bits per heavy atom. The zero-order valence-corrected chi connectivity index (χ0v) is 10.8. The standard InChI is InChI=1S/C5H14NO4P.Ca/c1-6(2,3)4-5-10-11(7,8)9;/h4-5H2,1-3H3,(H-,7,8,9);/q;+2/p+1. The Labute approximate surface area is 103 Å². The Hall–Kier alpha value is 1.33. The number of hydrogen-bond acceptors (Lipinski definition) is 2. The van der Waals surface area contributed by atoms with Gasteiger partial charge in [0.2, 0.25) is 0 Å². The first kappa shape index (κ1) is 15.8. The number of quaternary nitrogens is 1. The molecule has 2 N–H and O–H groups in total. The second kappa shape index (κ2) is 5.94. The third-order valence-electron chi connectivity index (χ3n) is 1.02. The molecule has 0 heterocycles. The van der Waals surface area contributed by atoms with Gasteiger partial charge in [0.15, 0.2) is 0 Å². The molecule has 0 rings (SSSR count). The van der Waals surface area contributed by atoms with Gasteiger partial charge in [-0.15, -0.1) is 0 Å². The van der Waals surface area contributed by atoms with Crippen molar-refractivity contribution >= 4 is 45.6 Å². The van der Waals surface area contributed by atoms with E-state index in [4.69, 9.17) is 9.79 Å². The van der Waals surface area contributed by atoms with E-state index in [1.165, 1.54) is 0 Å². The van der Waals surface area contributed by atoms with Crippen LogP contribution in [-0.2, 0) is 9.09 Å². The number of hydrogen-bond donors (Lipinski definition) is 2. The summed E-state index contributed by atoms with van der Waals surface area (Å²) in [6, 6.07) is 0. The maximum Gasteiger partial charge on any atom is 2.00 e. The number of phosphoric acid groups is 1. The van der Waals surface area contributed by atoms with E-state index in [-0.39, 0.29) is 44.3 Å². The topological polar surface area (TPSA) is 66.8 Å². The van der Waals surface area contributed by atoms with E-state index in [1.807, 2.05) is 21.1 Å². The van der Waals surface area contributed by atoms with Gasteiger partial charge in [0, 0.05) is 0 Å². The minimum absolute atomic E-state index is 0. The van der Waals surface area contributed by atoms with Crippen molar-refractivity contribution in [1.29, 1.82) is 0 Å². The summed E-state index contributed by atoms with van der Waals surface area (Å²) in [5, 5.41) is 0. The molecular formula is C5H15CaNO4P+3. The number of nitrogens with zero attached hydrogens (tertiary/aromatic N) is 1. The summed E-state index contributed by atoms with van der Waals surface area (Å²) < 4.78 is 15.1. The van der Waals surface area contributed by atoms with Crippen molar-refractivity contribution < 1.29 is 23.4 Å². The van der Waals surface area contributed by atoms with Crippen molar-refractivity contribution in [2.45, 2.75) is 0 Å². The van der Waals surface area contributed by atoms with Crippen LogP contribution in [-0.4, -0.2) is 86.3 Å². The van der Waals surface area contributed by atoms with Crippen molar-refractivity contribution in [2.75, 3.05) is 34.3 Å². The summed E-state index contributed by atoms with van der Waals surface area (Å²) in [4.78, 5) is 16.6. The molecular weight excluding hydrogens is 209 g/mol. The van der Waals surface area contributed by atoms with Crippen LogP contribution in [0, 0.1) is 0 Å². The fourth-order valence-electron chi connectivity index (χ4n) is 0.434. The first-order chi connectivity index (χ1) is 4.71. The third-order valence-corrected chi connectivity index (χ3v) is 1.54. The Kier molecular flexibility index (Phi) is 7.81. The molecule has 0 spiro atoms. The average molecular weight is 224 g/mol. The Bertz CT molecular complexity index is 163. The smallest absolute Gasteiger partial charge is 0.329 e. The third kappa shape index (κ3) is 13.9. The van der Waals surface area contributed by atoms with Crippen LogP contribution in [0.5, 0.6) is 0 Å². The maximum absolute atomic E-state index is 10.2. The van der Waals surface area contributed by atoms with Crippen LogP contribution in [0.1, 0.15) is 0 Å². The van der Waals surface area contributed by atoms with Gasteiger partial charge in [0.1, 0.15) is 13.2 Å². The molecule has 0 aliphatic rings.